The number of aryl methyl sites for hydroxylation is 1. The molecule has 1 atom stereocenters. The van der Waals surface area contributed by atoms with Crippen molar-refractivity contribution in [2.45, 2.75) is 40.3 Å². The molecule has 0 saturated carbocycles. The zero-order valence-corrected chi connectivity index (χ0v) is 19.2. The van der Waals surface area contributed by atoms with Crippen molar-refractivity contribution in [2.24, 2.45) is 0 Å². The van der Waals surface area contributed by atoms with Gasteiger partial charge in [0.1, 0.15) is 0 Å². The summed E-state index contributed by atoms with van der Waals surface area (Å²) >= 11 is 0. The lowest BCUT2D eigenvalue weighted by Gasteiger charge is -2.37. The Morgan fingerprint density at radius 2 is 1.84 bits per heavy atom. The summed E-state index contributed by atoms with van der Waals surface area (Å²) in [5.74, 6) is 1.22. The van der Waals surface area contributed by atoms with E-state index in [4.69, 9.17) is 14.2 Å². The van der Waals surface area contributed by atoms with E-state index in [0.29, 0.717) is 29.1 Å². The number of piperazine rings is 1. The summed E-state index contributed by atoms with van der Waals surface area (Å²) in [5, 5.41) is 0. The number of aromatic nitrogens is 1. The number of hydrogen-bond acceptors (Lipinski definition) is 7. The second-order valence-electron chi connectivity index (χ2n) is 8.39. The minimum absolute atomic E-state index is 0.00497. The second-order valence-corrected chi connectivity index (χ2v) is 8.39. The molecule has 2 aliphatic rings. The summed E-state index contributed by atoms with van der Waals surface area (Å²) in [6.07, 6.45) is 0. The molecule has 2 aliphatic heterocycles. The van der Waals surface area contributed by atoms with Gasteiger partial charge < -0.3 is 19.2 Å². The Labute approximate surface area is 188 Å². The first-order valence-corrected chi connectivity index (χ1v) is 11.1. The number of ether oxygens (including phenoxy) is 3. The van der Waals surface area contributed by atoms with Crippen LogP contribution in [0.25, 0.3) is 0 Å². The Balaban J connectivity index is 1.36. The van der Waals surface area contributed by atoms with Crippen molar-refractivity contribution >= 4 is 11.8 Å². The molecule has 172 valence electrons. The summed E-state index contributed by atoms with van der Waals surface area (Å²) in [5.41, 5.74) is 3.50. The van der Waals surface area contributed by atoms with Crippen molar-refractivity contribution in [1.29, 1.82) is 0 Å². The molecule has 32 heavy (non-hydrogen) atoms. The standard InChI is InChI=1S/C24H31N3O5/c1-5-30-24(29)21-15(2)22(25-16(21)3)23(28)17(4)27-10-8-26(9-11-27)13-18-6-7-19-20(12-18)32-14-31-19/h6-7,12,17,25H,5,8-11,13-14H2,1-4H3/t17-/m1/s1. The monoisotopic (exact) mass is 441 g/mol. The zero-order chi connectivity index (χ0) is 22.8. The van der Waals surface area contributed by atoms with Crippen LogP contribution in [-0.4, -0.2) is 72.2 Å². The van der Waals surface area contributed by atoms with Gasteiger partial charge >= 0.3 is 5.97 Å². The summed E-state index contributed by atoms with van der Waals surface area (Å²) in [6, 6.07) is 5.80. The maximum absolute atomic E-state index is 13.2. The van der Waals surface area contributed by atoms with E-state index in [1.807, 2.05) is 19.1 Å². The van der Waals surface area contributed by atoms with Gasteiger partial charge in [0.25, 0.3) is 0 Å². The lowest BCUT2D eigenvalue weighted by atomic mass is 10.0. The molecule has 0 unspecified atom stereocenters. The molecule has 1 aromatic heterocycles. The van der Waals surface area contributed by atoms with Gasteiger partial charge in [-0.15, -0.1) is 0 Å². The highest BCUT2D eigenvalue weighted by molar-refractivity contribution is 6.03. The SMILES string of the molecule is CCOC(=O)c1c(C)[nH]c(C(=O)[C@@H](C)N2CCN(Cc3ccc4c(c3)OCO4)CC2)c1C. The van der Waals surface area contributed by atoms with Gasteiger partial charge in [0, 0.05) is 38.4 Å². The second kappa shape index (κ2) is 9.34. The average molecular weight is 442 g/mol. The van der Waals surface area contributed by atoms with E-state index in [1.54, 1.807) is 20.8 Å². The van der Waals surface area contributed by atoms with Crippen LogP contribution < -0.4 is 9.47 Å². The van der Waals surface area contributed by atoms with Crippen molar-refractivity contribution in [1.82, 2.24) is 14.8 Å². The van der Waals surface area contributed by atoms with Crippen LogP contribution in [-0.2, 0) is 11.3 Å². The number of benzene rings is 1. The van der Waals surface area contributed by atoms with Crippen LogP contribution in [0.3, 0.4) is 0 Å². The van der Waals surface area contributed by atoms with Gasteiger partial charge in [0.2, 0.25) is 6.79 Å². The normalized spacial score (nSPS) is 17.4. The lowest BCUT2D eigenvalue weighted by Crippen LogP contribution is -2.51. The Morgan fingerprint density at radius 3 is 2.56 bits per heavy atom. The van der Waals surface area contributed by atoms with Gasteiger partial charge in [-0.05, 0) is 51.0 Å². The van der Waals surface area contributed by atoms with E-state index in [2.05, 4.69) is 20.9 Å². The number of Topliss-reactive ketones (excluding diaryl/α,β-unsaturated/α-hetero) is 1. The molecule has 1 saturated heterocycles. The maximum atomic E-state index is 13.2. The Bertz CT molecular complexity index is 1010. The highest BCUT2D eigenvalue weighted by Crippen LogP contribution is 2.33. The lowest BCUT2D eigenvalue weighted by molar-refractivity contribution is 0.0525. The van der Waals surface area contributed by atoms with Crippen molar-refractivity contribution in [2.75, 3.05) is 39.6 Å². The third kappa shape index (κ3) is 4.38. The number of H-pyrrole nitrogens is 1. The Kier molecular flexibility index (Phi) is 6.53. The molecule has 8 nitrogen and oxygen atoms in total. The van der Waals surface area contributed by atoms with Crippen LogP contribution in [0.15, 0.2) is 18.2 Å². The van der Waals surface area contributed by atoms with Crippen LogP contribution in [0.4, 0.5) is 0 Å². The fourth-order valence-electron chi connectivity index (χ4n) is 4.49. The van der Waals surface area contributed by atoms with Gasteiger partial charge in [-0.3, -0.25) is 14.6 Å². The van der Waals surface area contributed by atoms with Crippen LogP contribution in [0.5, 0.6) is 11.5 Å². The molecular formula is C24H31N3O5. The fourth-order valence-corrected chi connectivity index (χ4v) is 4.49. The van der Waals surface area contributed by atoms with Crippen molar-refractivity contribution in [3.05, 3.63) is 46.3 Å². The highest BCUT2D eigenvalue weighted by Gasteiger charge is 2.30. The number of nitrogens with zero attached hydrogens (tertiary/aromatic N) is 2. The van der Waals surface area contributed by atoms with Crippen molar-refractivity contribution < 1.29 is 23.8 Å². The molecular weight excluding hydrogens is 410 g/mol. The largest absolute Gasteiger partial charge is 0.462 e. The topological polar surface area (TPSA) is 84.1 Å². The Morgan fingerprint density at radius 1 is 1.12 bits per heavy atom. The van der Waals surface area contributed by atoms with Crippen molar-refractivity contribution in [3.8, 4) is 11.5 Å². The van der Waals surface area contributed by atoms with E-state index >= 15 is 0 Å². The molecule has 1 aromatic carbocycles. The van der Waals surface area contributed by atoms with Gasteiger partial charge in [0.15, 0.2) is 17.3 Å². The molecule has 0 radical (unpaired) electrons. The molecule has 3 heterocycles. The van der Waals surface area contributed by atoms with Crippen LogP contribution >= 0.6 is 0 Å². The quantitative estimate of drug-likeness (QED) is 0.522. The number of nitrogens with one attached hydrogen (secondary N) is 1. The predicted octanol–water partition coefficient (Wildman–Crippen LogP) is 2.93. The third-order valence-electron chi connectivity index (χ3n) is 6.34. The first-order chi connectivity index (χ1) is 15.4. The summed E-state index contributed by atoms with van der Waals surface area (Å²) in [7, 11) is 0. The Hall–Kier alpha value is -2.84. The van der Waals surface area contributed by atoms with E-state index in [0.717, 1.165) is 44.2 Å². The van der Waals surface area contributed by atoms with E-state index in [-0.39, 0.29) is 24.6 Å². The van der Waals surface area contributed by atoms with Gasteiger partial charge in [-0.1, -0.05) is 6.07 Å². The molecule has 0 spiro atoms. The molecule has 0 aliphatic carbocycles. The number of ketones is 1. The average Bonchev–Trinajstić information content (AvgIpc) is 3.36. The van der Waals surface area contributed by atoms with E-state index < -0.39 is 0 Å². The zero-order valence-electron chi connectivity index (χ0n) is 19.2. The fraction of sp³-hybridized carbons (Fsp3) is 0.500. The summed E-state index contributed by atoms with van der Waals surface area (Å²) < 4.78 is 16.0. The number of aromatic amines is 1. The van der Waals surface area contributed by atoms with Crippen LogP contribution in [0.1, 0.15) is 51.5 Å². The maximum Gasteiger partial charge on any atom is 0.340 e. The first kappa shape index (κ1) is 22.4. The molecule has 8 heteroatoms. The van der Waals surface area contributed by atoms with E-state index in [9.17, 15) is 9.59 Å². The third-order valence-corrected chi connectivity index (χ3v) is 6.34. The molecule has 1 fully saturated rings. The number of hydrogen-bond donors (Lipinski definition) is 1. The summed E-state index contributed by atoms with van der Waals surface area (Å²) in [4.78, 5) is 33.2. The highest BCUT2D eigenvalue weighted by atomic mass is 16.7. The smallest absolute Gasteiger partial charge is 0.340 e. The number of carbonyl (C=O) groups is 2. The summed E-state index contributed by atoms with van der Waals surface area (Å²) in [6.45, 7) is 12.1. The van der Waals surface area contributed by atoms with Crippen molar-refractivity contribution in [3.63, 3.8) is 0 Å². The molecule has 0 amide bonds. The van der Waals surface area contributed by atoms with Gasteiger partial charge in [0.05, 0.1) is 23.9 Å². The van der Waals surface area contributed by atoms with E-state index in [1.165, 1.54) is 5.56 Å². The molecule has 1 N–H and O–H groups in total. The van der Waals surface area contributed by atoms with Crippen LogP contribution in [0, 0.1) is 13.8 Å². The molecule has 0 bridgehead atoms. The molecule has 2 aromatic rings. The minimum atomic E-state index is -0.386. The minimum Gasteiger partial charge on any atom is -0.462 e. The number of esters is 1. The van der Waals surface area contributed by atoms with Crippen LogP contribution in [0.2, 0.25) is 0 Å². The number of fused-ring (bicyclic) bond motifs is 1. The number of rotatable bonds is 7. The number of carbonyl (C=O) groups excluding carboxylic acids is 2. The predicted molar refractivity (Wildman–Crippen MR) is 119 cm³/mol. The molecule has 4 rings (SSSR count). The van der Waals surface area contributed by atoms with Gasteiger partial charge in [-0.2, -0.15) is 0 Å². The van der Waals surface area contributed by atoms with Gasteiger partial charge in [-0.25, -0.2) is 4.79 Å². The first-order valence-electron chi connectivity index (χ1n) is 11.1.